The molecular weight excluding hydrogens is 424 g/mol. The van der Waals surface area contributed by atoms with Gasteiger partial charge >= 0.3 is 0 Å². The molecule has 0 aromatic heterocycles. The van der Waals surface area contributed by atoms with E-state index in [1.165, 1.54) is 25.7 Å². The van der Waals surface area contributed by atoms with Crippen molar-refractivity contribution in [3.8, 4) is 0 Å². The maximum absolute atomic E-state index is 11.4. The summed E-state index contributed by atoms with van der Waals surface area (Å²) in [5, 5.41) is 33.3. The SMILES string of the molecule is CCC(CC(O)C(C)C1CCC2C3C(CCC12C)C1(C)CCC(O)CC12OCC(O)C32)C(C)C. The van der Waals surface area contributed by atoms with E-state index in [-0.39, 0.29) is 34.6 Å². The van der Waals surface area contributed by atoms with E-state index in [1.54, 1.807) is 0 Å². The van der Waals surface area contributed by atoms with Crippen LogP contribution in [0, 0.1) is 58.2 Å². The van der Waals surface area contributed by atoms with Crippen LogP contribution in [0.1, 0.15) is 99.3 Å². The Hall–Kier alpha value is -0.160. The van der Waals surface area contributed by atoms with Crippen LogP contribution in [-0.4, -0.2) is 45.8 Å². The Morgan fingerprint density at radius 2 is 1.71 bits per heavy atom. The number of ether oxygens (including phenoxy) is 1. The van der Waals surface area contributed by atoms with Crippen LogP contribution in [0.2, 0.25) is 0 Å². The van der Waals surface area contributed by atoms with Gasteiger partial charge < -0.3 is 20.1 Å². The Kier molecular flexibility index (Phi) is 6.53. The van der Waals surface area contributed by atoms with Gasteiger partial charge in [0.2, 0.25) is 0 Å². The Morgan fingerprint density at radius 3 is 2.38 bits per heavy atom. The third-order valence-electron chi connectivity index (χ3n) is 12.9. The topological polar surface area (TPSA) is 69.9 Å². The predicted molar refractivity (Wildman–Crippen MR) is 135 cm³/mol. The average molecular weight is 477 g/mol. The average Bonchev–Trinajstić information content (AvgIpc) is 3.37. The molecule has 5 fully saturated rings. The molecule has 5 rings (SSSR count). The predicted octanol–water partition coefficient (Wildman–Crippen LogP) is 5.43. The molecular formula is C30H52O4. The van der Waals surface area contributed by atoms with Crippen LogP contribution < -0.4 is 0 Å². The monoisotopic (exact) mass is 476 g/mol. The van der Waals surface area contributed by atoms with Gasteiger partial charge in [-0.2, -0.15) is 0 Å². The number of fused-ring (bicyclic) bond motifs is 5. The van der Waals surface area contributed by atoms with E-state index in [2.05, 4.69) is 41.5 Å². The van der Waals surface area contributed by atoms with Crippen LogP contribution in [0.5, 0.6) is 0 Å². The minimum absolute atomic E-state index is 0.0647. The zero-order valence-corrected chi connectivity index (χ0v) is 22.7. The van der Waals surface area contributed by atoms with Crippen molar-refractivity contribution in [1.29, 1.82) is 0 Å². The second kappa shape index (κ2) is 8.71. The molecule has 13 atom stereocenters. The molecule has 0 amide bonds. The Bertz CT molecular complexity index is 754. The molecule has 4 nitrogen and oxygen atoms in total. The number of hydrogen-bond acceptors (Lipinski definition) is 4. The maximum Gasteiger partial charge on any atom is 0.0832 e. The molecule has 3 N–H and O–H groups in total. The fraction of sp³-hybridized carbons (Fsp3) is 1.00. The second-order valence-corrected chi connectivity index (χ2v) is 14.2. The van der Waals surface area contributed by atoms with Gasteiger partial charge in [-0.3, -0.25) is 0 Å². The van der Waals surface area contributed by atoms with Crippen molar-refractivity contribution in [3.05, 3.63) is 0 Å². The van der Waals surface area contributed by atoms with Crippen LogP contribution in [-0.2, 0) is 4.74 Å². The zero-order valence-electron chi connectivity index (χ0n) is 22.7. The second-order valence-electron chi connectivity index (χ2n) is 14.2. The first-order valence-electron chi connectivity index (χ1n) is 14.7. The molecule has 5 aliphatic rings. The van der Waals surface area contributed by atoms with Gasteiger partial charge in [0, 0.05) is 17.8 Å². The molecule has 4 heteroatoms. The van der Waals surface area contributed by atoms with Crippen molar-refractivity contribution in [1.82, 2.24) is 0 Å². The van der Waals surface area contributed by atoms with Crippen molar-refractivity contribution in [2.75, 3.05) is 6.61 Å². The molecule has 0 aromatic rings. The molecule has 1 heterocycles. The minimum Gasteiger partial charge on any atom is -0.393 e. The van der Waals surface area contributed by atoms with Gasteiger partial charge in [-0.05, 0) is 91.8 Å². The minimum atomic E-state index is -0.402. The number of aliphatic hydroxyl groups is 3. The first-order valence-corrected chi connectivity index (χ1v) is 14.7. The lowest BCUT2D eigenvalue weighted by Gasteiger charge is -2.53. The van der Waals surface area contributed by atoms with Gasteiger partial charge in [0.25, 0.3) is 0 Å². The molecule has 1 saturated heterocycles. The van der Waals surface area contributed by atoms with E-state index >= 15 is 0 Å². The third kappa shape index (κ3) is 3.37. The van der Waals surface area contributed by atoms with Crippen molar-refractivity contribution in [2.45, 2.75) is 123 Å². The van der Waals surface area contributed by atoms with E-state index < -0.39 is 6.10 Å². The summed E-state index contributed by atoms with van der Waals surface area (Å²) in [6.45, 7) is 14.6. The van der Waals surface area contributed by atoms with Gasteiger partial charge in [0.1, 0.15) is 0 Å². The highest BCUT2D eigenvalue weighted by Gasteiger charge is 2.76. The standard InChI is InChI=1S/C30H52O4/c1-7-19(17(2)3)14-24(32)18(4)21-8-9-22-26-23(11-12-28(21,22)5)29(6)13-10-20(31)15-30(29)27(26)25(33)16-34-30/h17-27,31-33H,7-16H2,1-6H3. The Labute approximate surface area is 208 Å². The van der Waals surface area contributed by atoms with Crippen molar-refractivity contribution in [3.63, 3.8) is 0 Å². The smallest absolute Gasteiger partial charge is 0.0832 e. The van der Waals surface area contributed by atoms with Crippen molar-refractivity contribution in [2.24, 2.45) is 58.2 Å². The first kappa shape index (κ1) is 25.5. The molecule has 34 heavy (non-hydrogen) atoms. The lowest BCUT2D eigenvalue weighted by atomic mass is 9.53. The van der Waals surface area contributed by atoms with Crippen LogP contribution in [0.4, 0.5) is 0 Å². The lowest BCUT2D eigenvalue weighted by molar-refractivity contribution is -0.156. The summed E-state index contributed by atoms with van der Waals surface area (Å²) >= 11 is 0. The van der Waals surface area contributed by atoms with Crippen LogP contribution in [0.3, 0.4) is 0 Å². The van der Waals surface area contributed by atoms with Gasteiger partial charge in [0.15, 0.2) is 0 Å². The Morgan fingerprint density at radius 1 is 0.971 bits per heavy atom. The molecule has 4 saturated carbocycles. The normalized spacial score (nSPS) is 52.6. The summed E-state index contributed by atoms with van der Waals surface area (Å²) in [5.41, 5.74) is -0.0538. The zero-order chi connectivity index (χ0) is 24.6. The Balaban J connectivity index is 1.42. The van der Waals surface area contributed by atoms with E-state index in [4.69, 9.17) is 4.74 Å². The maximum atomic E-state index is 11.4. The summed E-state index contributed by atoms with van der Waals surface area (Å²) in [6, 6.07) is 0. The number of rotatable bonds is 6. The van der Waals surface area contributed by atoms with Gasteiger partial charge in [-0.15, -0.1) is 0 Å². The summed E-state index contributed by atoms with van der Waals surface area (Å²) in [7, 11) is 0. The molecule has 0 radical (unpaired) electrons. The number of aliphatic hydroxyl groups excluding tert-OH is 3. The number of hydrogen-bond donors (Lipinski definition) is 3. The van der Waals surface area contributed by atoms with Crippen LogP contribution >= 0.6 is 0 Å². The quantitative estimate of drug-likeness (QED) is 0.478. The highest BCUT2D eigenvalue weighted by molar-refractivity contribution is 5.24. The molecule has 1 spiro atoms. The van der Waals surface area contributed by atoms with Gasteiger partial charge in [0.05, 0.1) is 30.5 Å². The summed E-state index contributed by atoms with van der Waals surface area (Å²) in [6.07, 6.45) is 8.60. The third-order valence-corrected chi connectivity index (χ3v) is 12.9. The van der Waals surface area contributed by atoms with Crippen molar-refractivity contribution < 1.29 is 20.1 Å². The largest absolute Gasteiger partial charge is 0.393 e. The van der Waals surface area contributed by atoms with E-state index in [9.17, 15) is 15.3 Å². The molecule has 13 unspecified atom stereocenters. The lowest BCUT2D eigenvalue weighted by Crippen LogP contribution is -2.54. The molecule has 4 aliphatic carbocycles. The van der Waals surface area contributed by atoms with Crippen LogP contribution in [0.25, 0.3) is 0 Å². The summed E-state index contributed by atoms with van der Waals surface area (Å²) in [4.78, 5) is 0. The molecule has 1 aliphatic heterocycles. The first-order chi connectivity index (χ1) is 16.0. The summed E-state index contributed by atoms with van der Waals surface area (Å²) in [5.74, 6) is 3.90. The van der Waals surface area contributed by atoms with E-state index in [1.807, 2.05) is 0 Å². The fourth-order valence-electron chi connectivity index (χ4n) is 11.0. The summed E-state index contributed by atoms with van der Waals surface area (Å²) < 4.78 is 6.57. The molecule has 196 valence electrons. The highest BCUT2D eigenvalue weighted by atomic mass is 16.5. The highest BCUT2D eigenvalue weighted by Crippen LogP contribution is 2.75. The molecule has 0 bridgehead atoms. The molecule has 0 aromatic carbocycles. The van der Waals surface area contributed by atoms with E-state index in [0.29, 0.717) is 54.5 Å². The van der Waals surface area contributed by atoms with Gasteiger partial charge in [-0.1, -0.05) is 48.0 Å². The van der Waals surface area contributed by atoms with Gasteiger partial charge in [-0.25, -0.2) is 0 Å². The van der Waals surface area contributed by atoms with Crippen molar-refractivity contribution >= 4 is 0 Å². The van der Waals surface area contributed by atoms with E-state index in [0.717, 1.165) is 25.7 Å². The fourth-order valence-corrected chi connectivity index (χ4v) is 11.0. The van der Waals surface area contributed by atoms with Crippen LogP contribution in [0.15, 0.2) is 0 Å².